The number of piperazine rings is 1. The minimum absolute atomic E-state index is 0.0375. The number of aliphatic hydroxyl groups excluding tert-OH is 1. The van der Waals surface area contributed by atoms with E-state index in [0.717, 1.165) is 18.8 Å². The Kier molecular flexibility index (Phi) is 5.39. The molecule has 2 aliphatic rings. The predicted molar refractivity (Wildman–Crippen MR) is 91.8 cm³/mol. The molecular formula is C17H27N5O3. The van der Waals surface area contributed by atoms with Gasteiger partial charge in [0.15, 0.2) is 0 Å². The highest BCUT2D eigenvalue weighted by Gasteiger charge is 2.38. The fourth-order valence-corrected chi connectivity index (χ4v) is 3.69. The summed E-state index contributed by atoms with van der Waals surface area (Å²) in [5.41, 5.74) is 1.04. The first-order valence-electron chi connectivity index (χ1n) is 8.89. The molecule has 0 unspecified atom stereocenters. The molecule has 138 valence electrons. The van der Waals surface area contributed by atoms with Gasteiger partial charge in [0.25, 0.3) is 0 Å². The van der Waals surface area contributed by atoms with Gasteiger partial charge in [-0.25, -0.2) is 0 Å². The van der Waals surface area contributed by atoms with Gasteiger partial charge in [-0.1, -0.05) is 0 Å². The number of aliphatic hydroxyl groups is 1. The molecule has 0 bridgehead atoms. The Bertz CT molecular complexity index is 624. The molecule has 2 aliphatic heterocycles. The average molecular weight is 349 g/mol. The first kappa shape index (κ1) is 17.9. The van der Waals surface area contributed by atoms with Gasteiger partial charge in [-0.15, -0.1) is 0 Å². The van der Waals surface area contributed by atoms with E-state index >= 15 is 0 Å². The van der Waals surface area contributed by atoms with Crippen LogP contribution in [0.25, 0.3) is 0 Å². The third kappa shape index (κ3) is 4.01. The second kappa shape index (κ2) is 7.53. The van der Waals surface area contributed by atoms with Gasteiger partial charge in [-0.05, 0) is 13.0 Å². The molecule has 2 amide bonds. The van der Waals surface area contributed by atoms with E-state index in [-0.39, 0.29) is 17.9 Å². The number of nitrogens with zero attached hydrogens (tertiary/aromatic N) is 5. The number of β-amino-alcohol motifs (C(OH)–C–C–N with tert-alkyl or cyclic N) is 1. The number of carbonyl (C=O) groups excluding carboxylic acids is 2. The van der Waals surface area contributed by atoms with Crippen molar-refractivity contribution in [3.05, 3.63) is 18.0 Å². The molecule has 0 spiro atoms. The third-order valence-electron chi connectivity index (χ3n) is 5.31. The van der Waals surface area contributed by atoms with E-state index in [1.54, 1.807) is 18.0 Å². The van der Waals surface area contributed by atoms with Crippen LogP contribution in [0.3, 0.4) is 0 Å². The highest BCUT2D eigenvalue weighted by molar-refractivity contribution is 5.76. The van der Waals surface area contributed by atoms with Crippen LogP contribution in [0.5, 0.6) is 0 Å². The van der Waals surface area contributed by atoms with Gasteiger partial charge < -0.3 is 14.9 Å². The number of aryl methyl sites for hydroxylation is 2. The Labute approximate surface area is 148 Å². The molecule has 2 atom stereocenters. The standard InChI is InChI=1S/C17H27N5O3/c1-13-3-5-18-22(13)6-4-17(25)21-11-15(16(24)12-21)20-9-7-19(8-10-20)14(2)23/h3,5,15-16,24H,4,6-12H2,1-2H3/t15-,16-/m1/s1. The van der Waals surface area contributed by atoms with Crippen LogP contribution in [0.2, 0.25) is 0 Å². The lowest BCUT2D eigenvalue weighted by Gasteiger charge is -2.38. The van der Waals surface area contributed by atoms with Crippen molar-refractivity contribution < 1.29 is 14.7 Å². The summed E-state index contributed by atoms with van der Waals surface area (Å²) in [7, 11) is 0. The largest absolute Gasteiger partial charge is 0.390 e. The molecule has 25 heavy (non-hydrogen) atoms. The van der Waals surface area contributed by atoms with E-state index in [1.165, 1.54) is 0 Å². The topological polar surface area (TPSA) is 81.9 Å². The Hall–Kier alpha value is -1.93. The van der Waals surface area contributed by atoms with Gasteiger partial charge >= 0.3 is 0 Å². The molecule has 8 nitrogen and oxygen atoms in total. The van der Waals surface area contributed by atoms with Crippen LogP contribution in [0.15, 0.2) is 12.3 Å². The van der Waals surface area contributed by atoms with Gasteiger partial charge in [0.05, 0.1) is 12.1 Å². The SMILES string of the molecule is CC(=O)N1CCN([C@@H]2CN(C(=O)CCn3nccc3C)C[C@H]2O)CC1. The zero-order chi connectivity index (χ0) is 18.0. The maximum Gasteiger partial charge on any atom is 0.224 e. The summed E-state index contributed by atoms with van der Waals surface area (Å²) in [4.78, 5) is 29.7. The van der Waals surface area contributed by atoms with E-state index < -0.39 is 6.10 Å². The van der Waals surface area contributed by atoms with Crippen molar-refractivity contribution in [2.24, 2.45) is 0 Å². The Morgan fingerprint density at radius 1 is 1.20 bits per heavy atom. The van der Waals surface area contributed by atoms with E-state index in [1.807, 2.05) is 22.6 Å². The number of aromatic nitrogens is 2. The quantitative estimate of drug-likeness (QED) is 0.779. The van der Waals surface area contributed by atoms with Gasteiger partial charge in [-0.2, -0.15) is 5.10 Å². The Balaban J connectivity index is 1.50. The zero-order valence-electron chi connectivity index (χ0n) is 15.0. The van der Waals surface area contributed by atoms with Crippen molar-refractivity contribution in [3.63, 3.8) is 0 Å². The monoisotopic (exact) mass is 349 g/mol. The maximum absolute atomic E-state index is 12.5. The smallest absolute Gasteiger partial charge is 0.224 e. The van der Waals surface area contributed by atoms with Crippen LogP contribution in [0, 0.1) is 6.92 Å². The van der Waals surface area contributed by atoms with E-state index in [9.17, 15) is 14.7 Å². The molecule has 8 heteroatoms. The summed E-state index contributed by atoms with van der Waals surface area (Å²) in [6.07, 6.45) is 1.59. The van der Waals surface area contributed by atoms with Gasteiger partial charge in [-0.3, -0.25) is 19.2 Å². The van der Waals surface area contributed by atoms with Crippen molar-refractivity contribution in [2.45, 2.75) is 39.0 Å². The van der Waals surface area contributed by atoms with Crippen molar-refractivity contribution in [1.29, 1.82) is 0 Å². The van der Waals surface area contributed by atoms with E-state index in [0.29, 0.717) is 39.1 Å². The Morgan fingerprint density at radius 3 is 2.52 bits per heavy atom. The molecule has 1 aromatic rings. The molecule has 1 N–H and O–H groups in total. The fourth-order valence-electron chi connectivity index (χ4n) is 3.69. The number of amides is 2. The molecule has 0 aromatic carbocycles. The summed E-state index contributed by atoms with van der Waals surface area (Å²) < 4.78 is 1.82. The van der Waals surface area contributed by atoms with E-state index in [4.69, 9.17) is 0 Å². The lowest BCUT2D eigenvalue weighted by Crippen LogP contribution is -2.54. The molecule has 0 saturated carbocycles. The maximum atomic E-state index is 12.5. The van der Waals surface area contributed by atoms with Crippen molar-refractivity contribution >= 4 is 11.8 Å². The third-order valence-corrected chi connectivity index (χ3v) is 5.31. The van der Waals surface area contributed by atoms with Crippen molar-refractivity contribution in [3.8, 4) is 0 Å². The molecule has 0 aliphatic carbocycles. The minimum atomic E-state index is -0.528. The zero-order valence-corrected chi connectivity index (χ0v) is 15.0. The minimum Gasteiger partial charge on any atom is -0.390 e. The van der Waals surface area contributed by atoms with Crippen LogP contribution >= 0.6 is 0 Å². The molecule has 3 heterocycles. The van der Waals surface area contributed by atoms with Gasteiger partial charge in [0.1, 0.15) is 0 Å². The molecular weight excluding hydrogens is 322 g/mol. The number of hydrogen-bond acceptors (Lipinski definition) is 5. The molecule has 2 saturated heterocycles. The van der Waals surface area contributed by atoms with Gasteiger partial charge in [0.2, 0.25) is 11.8 Å². The van der Waals surface area contributed by atoms with Crippen LogP contribution in [-0.2, 0) is 16.1 Å². The van der Waals surface area contributed by atoms with Crippen LogP contribution in [0.4, 0.5) is 0 Å². The molecule has 0 radical (unpaired) electrons. The second-order valence-electron chi connectivity index (χ2n) is 6.92. The summed E-state index contributed by atoms with van der Waals surface area (Å²) in [6, 6.07) is 1.88. The summed E-state index contributed by atoms with van der Waals surface area (Å²) in [6.45, 7) is 7.91. The fraction of sp³-hybridized carbons (Fsp3) is 0.706. The summed E-state index contributed by atoms with van der Waals surface area (Å²) in [5, 5.41) is 14.6. The normalized spacial score (nSPS) is 24.8. The lowest BCUT2D eigenvalue weighted by atomic mass is 10.1. The lowest BCUT2D eigenvalue weighted by molar-refractivity contribution is -0.131. The number of hydrogen-bond donors (Lipinski definition) is 1. The van der Waals surface area contributed by atoms with Crippen molar-refractivity contribution in [2.75, 3.05) is 39.3 Å². The van der Waals surface area contributed by atoms with Gasteiger partial charge in [0, 0.05) is 71.0 Å². The van der Waals surface area contributed by atoms with Crippen LogP contribution in [0.1, 0.15) is 19.0 Å². The molecule has 2 fully saturated rings. The number of rotatable bonds is 4. The average Bonchev–Trinajstić information content (AvgIpc) is 3.18. The first-order valence-corrected chi connectivity index (χ1v) is 8.89. The van der Waals surface area contributed by atoms with Crippen LogP contribution < -0.4 is 0 Å². The highest BCUT2D eigenvalue weighted by atomic mass is 16.3. The van der Waals surface area contributed by atoms with E-state index in [2.05, 4.69) is 10.00 Å². The summed E-state index contributed by atoms with van der Waals surface area (Å²) >= 11 is 0. The second-order valence-corrected chi connectivity index (χ2v) is 6.92. The predicted octanol–water partition coefficient (Wildman–Crippen LogP) is -0.683. The molecule has 3 rings (SSSR count). The highest BCUT2D eigenvalue weighted by Crippen LogP contribution is 2.19. The summed E-state index contributed by atoms with van der Waals surface area (Å²) in [5.74, 6) is 0.149. The number of likely N-dealkylation sites (tertiary alicyclic amines) is 1. The van der Waals surface area contributed by atoms with Crippen molar-refractivity contribution in [1.82, 2.24) is 24.5 Å². The Morgan fingerprint density at radius 2 is 1.92 bits per heavy atom. The first-order chi connectivity index (χ1) is 12.0. The molecule has 1 aromatic heterocycles. The van der Waals surface area contributed by atoms with Crippen LogP contribution in [-0.4, -0.2) is 92.8 Å². The number of carbonyl (C=O) groups is 2.